The summed E-state index contributed by atoms with van der Waals surface area (Å²) in [5, 5.41) is 15.8. The molecular weight excluding hydrogens is 381 g/mol. The van der Waals surface area contributed by atoms with Crippen molar-refractivity contribution in [2.75, 3.05) is 6.54 Å². The number of amides is 2. The molecule has 1 heterocycles. The van der Waals surface area contributed by atoms with E-state index < -0.39 is 36.2 Å². The summed E-state index contributed by atoms with van der Waals surface area (Å²) in [5.74, 6) is -3.35. The van der Waals surface area contributed by atoms with Crippen molar-refractivity contribution in [1.29, 1.82) is 0 Å². The molecule has 0 fully saturated rings. The number of carboxylic acids is 1. The molecule has 150 valence electrons. The first kappa shape index (κ1) is 20.0. The highest BCUT2D eigenvalue weighted by Gasteiger charge is 2.32. The lowest BCUT2D eigenvalue weighted by molar-refractivity contribution is -0.148. The molecule has 0 saturated heterocycles. The molecule has 1 aliphatic heterocycles. The molecule has 0 bridgehead atoms. The Labute approximate surface area is 165 Å². The van der Waals surface area contributed by atoms with E-state index in [1.54, 1.807) is 24.3 Å². The zero-order valence-corrected chi connectivity index (χ0v) is 15.5. The molecular formula is C20H18FN3O5. The van der Waals surface area contributed by atoms with Gasteiger partial charge in [-0.15, -0.1) is 0 Å². The number of hydrogen-bond acceptors (Lipinski definition) is 5. The number of aryl methyl sites for hydroxylation is 1. The van der Waals surface area contributed by atoms with Gasteiger partial charge in [0.2, 0.25) is 0 Å². The Balaban J connectivity index is 1.66. The molecule has 2 aromatic carbocycles. The number of nitrogens with one attached hydrogen (secondary N) is 1. The Kier molecular flexibility index (Phi) is 5.87. The standard InChI is InChI=1S/C20H18FN3O5/c1-12-5-7-13(8-6-12)29-16-4-2-3-14(18(16)21)19(26)22-11-17(25)24-15(20(27)28)9-10-23-24/h2-8,10,15H,9,11H2,1H3,(H,22,26)(H,27,28)/t15-/m0/s1. The van der Waals surface area contributed by atoms with Crippen LogP contribution in [0.5, 0.6) is 11.5 Å². The number of carbonyl (C=O) groups excluding carboxylic acids is 2. The Morgan fingerprint density at radius 3 is 2.66 bits per heavy atom. The molecule has 9 heteroatoms. The average molecular weight is 399 g/mol. The summed E-state index contributed by atoms with van der Waals surface area (Å²) in [5.41, 5.74) is 0.713. The second-order valence-electron chi connectivity index (χ2n) is 6.34. The number of rotatable bonds is 6. The lowest BCUT2D eigenvalue weighted by atomic mass is 10.1. The van der Waals surface area contributed by atoms with Gasteiger partial charge in [0.25, 0.3) is 11.8 Å². The Morgan fingerprint density at radius 2 is 1.97 bits per heavy atom. The Morgan fingerprint density at radius 1 is 1.24 bits per heavy atom. The molecule has 0 saturated carbocycles. The minimum atomic E-state index is -1.20. The van der Waals surface area contributed by atoms with Crippen LogP contribution in [0.4, 0.5) is 4.39 Å². The van der Waals surface area contributed by atoms with Crippen LogP contribution in [0, 0.1) is 12.7 Å². The van der Waals surface area contributed by atoms with E-state index in [4.69, 9.17) is 9.84 Å². The number of hydrogen-bond donors (Lipinski definition) is 2. The van der Waals surface area contributed by atoms with Gasteiger partial charge >= 0.3 is 5.97 Å². The molecule has 2 N–H and O–H groups in total. The normalized spacial score (nSPS) is 15.2. The molecule has 0 aromatic heterocycles. The van der Waals surface area contributed by atoms with E-state index in [1.165, 1.54) is 24.4 Å². The van der Waals surface area contributed by atoms with Crippen molar-refractivity contribution in [3.8, 4) is 11.5 Å². The summed E-state index contributed by atoms with van der Waals surface area (Å²) >= 11 is 0. The molecule has 0 unspecified atom stereocenters. The quantitative estimate of drug-likeness (QED) is 0.775. The maximum atomic E-state index is 14.7. The third-order valence-electron chi connectivity index (χ3n) is 4.23. The second kappa shape index (κ2) is 8.51. The van der Waals surface area contributed by atoms with E-state index in [0.717, 1.165) is 10.6 Å². The van der Waals surface area contributed by atoms with Gasteiger partial charge in [0.05, 0.1) is 12.1 Å². The van der Waals surface area contributed by atoms with Crippen molar-refractivity contribution >= 4 is 24.0 Å². The van der Waals surface area contributed by atoms with Crippen LogP contribution in [-0.2, 0) is 9.59 Å². The lowest BCUT2D eigenvalue weighted by Gasteiger charge is -2.18. The van der Waals surface area contributed by atoms with Crippen LogP contribution in [0.3, 0.4) is 0 Å². The first-order valence-corrected chi connectivity index (χ1v) is 8.75. The van der Waals surface area contributed by atoms with Crippen molar-refractivity contribution in [3.05, 3.63) is 59.4 Å². The number of benzene rings is 2. The predicted molar refractivity (Wildman–Crippen MR) is 101 cm³/mol. The molecule has 8 nitrogen and oxygen atoms in total. The van der Waals surface area contributed by atoms with Crippen LogP contribution >= 0.6 is 0 Å². The first-order valence-electron chi connectivity index (χ1n) is 8.75. The number of hydrazone groups is 1. The summed E-state index contributed by atoms with van der Waals surface area (Å²) in [6, 6.07) is 9.95. The van der Waals surface area contributed by atoms with Crippen LogP contribution in [0.2, 0.25) is 0 Å². The summed E-state index contributed by atoms with van der Waals surface area (Å²) in [6.45, 7) is 1.38. The van der Waals surface area contributed by atoms with E-state index in [1.807, 2.05) is 6.92 Å². The molecule has 0 spiro atoms. The van der Waals surface area contributed by atoms with E-state index in [2.05, 4.69) is 10.4 Å². The highest BCUT2D eigenvalue weighted by Crippen LogP contribution is 2.26. The first-order chi connectivity index (χ1) is 13.9. The monoisotopic (exact) mass is 399 g/mol. The van der Waals surface area contributed by atoms with Crippen molar-refractivity contribution < 1.29 is 28.6 Å². The fourth-order valence-electron chi connectivity index (χ4n) is 2.69. The SMILES string of the molecule is Cc1ccc(Oc2cccc(C(=O)NCC(=O)N3N=CC[C@H]3C(=O)O)c2F)cc1. The van der Waals surface area contributed by atoms with E-state index in [-0.39, 0.29) is 17.7 Å². The van der Waals surface area contributed by atoms with Gasteiger partial charge in [0.15, 0.2) is 17.6 Å². The number of ether oxygens (including phenoxy) is 1. The molecule has 0 radical (unpaired) electrons. The number of aliphatic carboxylic acids is 1. The zero-order valence-electron chi connectivity index (χ0n) is 15.5. The topological polar surface area (TPSA) is 108 Å². The molecule has 29 heavy (non-hydrogen) atoms. The summed E-state index contributed by atoms with van der Waals surface area (Å²) in [7, 11) is 0. The minimum Gasteiger partial charge on any atom is -0.480 e. The number of halogens is 1. The highest BCUT2D eigenvalue weighted by atomic mass is 19.1. The maximum absolute atomic E-state index is 14.7. The summed E-state index contributed by atoms with van der Waals surface area (Å²) in [4.78, 5) is 35.6. The van der Waals surface area contributed by atoms with Crippen LogP contribution in [-0.4, -0.2) is 46.7 Å². The highest BCUT2D eigenvalue weighted by molar-refractivity contribution is 5.98. The van der Waals surface area contributed by atoms with Crippen LogP contribution in [0.15, 0.2) is 47.6 Å². The largest absolute Gasteiger partial charge is 0.480 e. The number of carboxylic acid groups (broad SMARTS) is 1. The fourth-order valence-corrected chi connectivity index (χ4v) is 2.69. The lowest BCUT2D eigenvalue weighted by Crippen LogP contribution is -2.43. The minimum absolute atomic E-state index is 0.0854. The van der Waals surface area contributed by atoms with Gasteiger partial charge in [-0.3, -0.25) is 9.59 Å². The molecule has 3 rings (SSSR count). The van der Waals surface area contributed by atoms with E-state index >= 15 is 0 Å². The Bertz CT molecular complexity index is 975. The van der Waals surface area contributed by atoms with Gasteiger partial charge in [-0.2, -0.15) is 5.10 Å². The maximum Gasteiger partial charge on any atom is 0.329 e. The Hall–Kier alpha value is -3.75. The number of nitrogens with zero attached hydrogens (tertiary/aromatic N) is 2. The van der Waals surface area contributed by atoms with Crippen LogP contribution in [0.1, 0.15) is 22.3 Å². The van der Waals surface area contributed by atoms with Gasteiger partial charge in [-0.25, -0.2) is 14.2 Å². The third-order valence-corrected chi connectivity index (χ3v) is 4.23. The smallest absolute Gasteiger partial charge is 0.329 e. The van der Waals surface area contributed by atoms with E-state index in [0.29, 0.717) is 5.75 Å². The summed E-state index contributed by atoms with van der Waals surface area (Å²) in [6.07, 6.45) is 1.39. The predicted octanol–water partition coefficient (Wildman–Crippen LogP) is 2.33. The van der Waals surface area contributed by atoms with Gasteiger partial charge < -0.3 is 15.2 Å². The third kappa shape index (κ3) is 4.57. The van der Waals surface area contributed by atoms with Crippen molar-refractivity contribution in [2.45, 2.75) is 19.4 Å². The molecule has 2 aromatic rings. The molecule has 2 amide bonds. The van der Waals surface area contributed by atoms with Gasteiger partial charge in [0.1, 0.15) is 5.75 Å². The number of carbonyl (C=O) groups is 3. The van der Waals surface area contributed by atoms with Gasteiger partial charge in [-0.05, 0) is 31.2 Å². The molecule has 1 atom stereocenters. The van der Waals surface area contributed by atoms with Crippen LogP contribution in [0.25, 0.3) is 0 Å². The van der Waals surface area contributed by atoms with Gasteiger partial charge in [-0.1, -0.05) is 23.8 Å². The van der Waals surface area contributed by atoms with E-state index in [9.17, 15) is 18.8 Å². The second-order valence-corrected chi connectivity index (χ2v) is 6.34. The van der Waals surface area contributed by atoms with Gasteiger partial charge in [0, 0.05) is 12.6 Å². The van der Waals surface area contributed by atoms with Crippen molar-refractivity contribution in [3.63, 3.8) is 0 Å². The zero-order chi connectivity index (χ0) is 21.0. The molecule has 1 aliphatic rings. The fraction of sp³-hybridized carbons (Fsp3) is 0.200. The van der Waals surface area contributed by atoms with Crippen LogP contribution < -0.4 is 10.1 Å². The summed E-state index contributed by atoms with van der Waals surface area (Å²) < 4.78 is 20.2. The average Bonchev–Trinajstić information content (AvgIpc) is 3.19. The van der Waals surface area contributed by atoms with Crippen molar-refractivity contribution in [1.82, 2.24) is 10.3 Å². The van der Waals surface area contributed by atoms with Crippen molar-refractivity contribution in [2.24, 2.45) is 5.10 Å². The molecule has 0 aliphatic carbocycles.